The highest BCUT2D eigenvalue weighted by atomic mass is 16.5. The molecule has 0 radical (unpaired) electrons. The van der Waals surface area contributed by atoms with Crippen molar-refractivity contribution in [3.8, 4) is 0 Å². The fraction of sp³-hybridized carbons (Fsp3) is 0.333. The van der Waals surface area contributed by atoms with E-state index in [1.807, 2.05) is 40.0 Å². The first-order chi connectivity index (χ1) is 12.0. The van der Waals surface area contributed by atoms with Gasteiger partial charge in [0.2, 0.25) is 0 Å². The molecule has 0 atom stereocenters. The van der Waals surface area contributed by atoms with Gasteiger partial charge in [-0.15, -0.1) is 0 Å². The minimum absolute atomic E-state index is 0.312. The van der Waals surface area contributed by atoms with E-state index in [0.29, 0.717) is 23.9 Å². The van der Waals surface area contributed by atoms with Gasteiger partial charge in [-0.25, -0.2) is 14.8 Å². The van der Waals surface area contributed by atoms with Crippen LogP contribution >= 0.6 is 0 Å². The van der Waals surface area contributed by atoms with Crippen LogP contribution in [0, 0.1) is 12.8 Å². The molecule has 0 saturated heterocycles. The van der Waals surface area contributed by atoms with E-state index in [4.69, 9.17) is 4.74 Å². The van der Waals surface area contributed by atoms with E-state index in [1.54, 1.807) is 16.8 Å². The second kappa shape index (κ2) is 6.88. The number of carbonyl (C=O) groups is 1. The van der Waals surface area contributed by atoms with Crippen molar-refractivity contribution in [2.45, 2.75) is 20.8 Å². The summed E-state index contributed by atoms with van der Waals surface area (Å²) in [4.78, 5) is 20.5. The molecule has 2 heterocycles. The van der Waals surface area contributed by atoms with Crippen LogP contribution in [0.2, 0.25) is 0 Å². The molecule has 1 aromatic carbocycles. The van der Waals surface area contributed by atoms with E-state index in [0.717, 1.165) is 22.4 Å². The van der Waals surface area contributed by atoms with Crippen LogP contribution in [0.25, 0.3) is 11.0 Å². The summed E-state index contributed by atoms with van der Waals surface area (Å²) in [7, 11) is 1.85. The van der Waals surface area contributed by atoms with E-state index < -0.39 is 0 Å². The van der Waals surface area contributed by atoms with Crippen molar-refractivity contribution >= 4 is 28.5 Å². The summed E-state index contributed by atoms with van der Waals surface area (Å²) >= 11 is 0. The Labute approximate surface area is 146 Å². The van der Waals surface area contributed by atoms with Crippen LogP contribution in [-0.4, -0.2) is 32.3 Å². The van der Waals surface area contributed by atoms with Crippen LogP contribution < -0.4 is 5.32 Å². The van der Waals surface area contributed by atoms with Gasteiger partial charge in [-0.2, -0.15) is 5.10 Å². The summed E-state index contributed by atoms with van der Waals surface area (Å²) < 4.78 is 6.96. The van der Waals surface area contributed by atoms with Crippen molar-refractivity contribution in [2.24, 2.45) is 13.0 Å². The number of hydrogen-bond donors (Lipinski definition) is 1. The molecular formula is C18H21N5O2. The van der Waals surface area contributed by atoms with Crippen molar-refractivity contribution in [1.82, 2.24) is 19.7 Å². The lowest BCUT2D eigenvalue weighted by molar-refractivity contribution is 0.0459. The van der Waals surface area contributed by atoms with Crippen LogP contribution in [0.5, 0.6) is 0 Å². The molecule has 7 nitrogen and oxygen atoms in total. The maximum atomic E-state index is 12.0. The monoisotopic (exact) mass is 339 g/mol. The van der Waals surface area contributed by atoms with E-state index in [9.17, 15) is 4.79 Å². The Kier molecular flexibility index (Phi) is 4.65. The average Bonchev–Trinajstić information content (AvgIpc) is 2.89. The van der Waals surface area contributed by atoms with Crippen molar-refractivity contribution in [2.75, 3.05) is 11.9 Å². The molecule has 0 bridgehead atoms. The third-order valence-corrected chi connectivity index (χ3v) is 3.73. The van der Waals surface area contributed by atoms with E-state index in [1.165, 1.54) is 6.33 Å². The first-order valence-corrected chi connectivity index (χ1v) is 8.14. The molecule has 7 heteroatoms. The number of rotatable bonds is 5. The molecule has 25 heavy (non-hydrogen) atoms. The molecule has 130 valence electrons. The number of carbonyl (C=O) groups excluding carboxylic acids is 1. The number of esters is 1. The molecular weight excluding hydrogens is 318 g/mol. The predicted molar refractivity (Wildman–Crippen MR) is 95.9 cm³/mol. The SMILES string of the molecule is Cc1nn(C)c2ncnc(Nc3ccc(C(=O)OCC(C)C)cc3)c12. The van der Waals surface area contributed by atoms with Crippen LogP contribution in [0.1, 0.15) is 29.9 Å². The molecule has 0 saturated carbocycles. The number of benzene rings is 1. The zero-order chi connectivity index (χ0) is 18.0. The summed E-state index contributed by atoms with van der Waals surface area (Å²) in [5.41, 5.74) is 2.97. The third-order valence-electron chi connectivity index (χ3n) is 3.73. The third kappa shape index (κ3) is 3.60. The van der Waals surface area contributed by atoms with Gasteiger partial charge in [0.1, 0.15) is 12.1 Å². The Balaban J connectivity index is 1.79. The standard InChI is InChI=1S/C18H21N5O2/c1-11(2)9-25-18(24)13-5-7-14(8-6-13)21-16-15-12(3)22-23(4)17(15)20-10-19-16/h5-8,10-11H,9H2,1-4H3,(H,19,20,21). The molecule has 0 unspecified atom stereocenters. The molecule has 0 aliphatic heterocycles. The smallest absolute Gasteiger partial charge is 0.338 e. The molecule has 0 spiro atoms. The fourth-order valence-corrected chi connectivity index (χ4v) is 2.52. The number of nitrogens with zero attached hydrogens (tertiary/aromatic N) is 4. The first-order valence-electron chi connectivity index (χ1n) is 8.14. The molecule has 0 aliphatic carbocycles. The van der Waals surface area contributed by atoms with Gasteiger partial charge in [0.05, 0.1) is 23.3 Å². The molecule has 1 N–H and O–H groups in total. The molecule has 3 aromatic rings. The molecule has 3 rings (SSSR count). The topological polar surface area (TPSA) is 81.9 Å². The Morgan fingerprint density at radius 1 is 1.24 bits per heavy atom. The number of fused-ring (bicyclic) bond motifs is 1. The van der Waals surface area contributed by atoms with Crippen molar-refractivity contribution in [3.63, 3.8) is 0 Å². The van der Waals surface area contributed by atoms with Crippen LogP contribution in [0.4, 0.5) is 11.5 Å². The Hall–Kier alpha value is -2.96. The minimum atomic E-state index is -0.312. The summed E-state index contributed by atoms with van der Waals surface area (Å²) in [6.07, 6.45) is 1.50. The van der Waals surface area contributed by atoms with Gasteiger partial charge in [0, 0.05) is 12.7 Å². The first kappa shape index (κ1) is 16.9. The Morgan fingerprint density at radius 2 is 1.96 bits per heavy atom. The van der Waals surface area contributed by atoms with Gasteiger partial charge in [-0.1, -0.05) is 13.8 Å². The van der Waals surface area contributed by atoms with Gasteiger partial charge in [0.15, 0.2) is 5.65 Å². The van der Waals surface area contributed by atoms with Crippen LogP contribution in [0.15, 0.2) is 30.6 Å². The number of ether oxygens (including phenoxy) is 1. The minimum Gasteiger partial charge on any atom is -0.462 e. The fourth-order valence-electron chi connectivity index (χ4n) is 2.52. The molecule has 0 aliphatic rings. The maximum absolute atomic E-state index is 12.0. The maximum Gasteiger partial charge on any atom is 0.338 e. The van der Waals surface area contributed by atoms with Gasteiger partial charge < -0.3 is 10.1 Å². The molecule has 0 fully saturated rings. The Bertz CT molecular complexity index is 900. The lowest BCUT2D eigenvalue weighted by atomic mass is 10.2. The highest BCUT2D eigenvalue weighted by molar-refractivity contribution is 5.92. The lowest BCUT2D eigenvalue weighted by Crippen LogP contribution is -2.10. The van der Waals surface area contributed by atoms with Crippen molar-refractivity contribution < 1.29 is 9.53 Å². The van der Waals surface area contributed by atoms with Crippen LogP contribution in [-0.2, 0) is 11.8 Å². The van der Waals surface area contributed by atoms with E-state index >= 15 is 0 Å². The molecule has 0 amide bonds. The largest absolute Gasteiger partial charge is 0.462 e. The number of hydrogen-bond acceptors (Lipinski definition) is 6. The summed E-state index contributed by atoms with van der Waals surface area (Å²) in [5, 5.41) is 8.52. The second-order valence-electron chi connectivity index (χ2n) is 6.32. The van der Waals surface area contributed by atoms with E-state index in [2.05, 4.69) is 20.4 Å². The summed E-state index contributed by atoms with van der Waals surface area (Å²) in [6, 6.07) is 7.12. The summed E-state index contributed by atoms with van der Waals surface area (Å²) in [5.74, 6) is 0.686. The van der Waals surface area contributed by atoms with Crippen LogP contribution in [0.3, 0.4) is 0 Å². The normalized spacial score (nSPS) is 11.1. The van der Waals surface area contributed by atoms with Crippen molar-refractivity contribution in [1.29, 1.82) is 0 Å². The quantitative estimate of drug-likeness (QED) is 0.719. The number of anilines is 2. The zero-order valence-electron chi connectivity index (χ0n) is 14.8. The lowest BCUT2D eigenvalue weighted by Gasteiger charge is -2.09. The zero-order valence-corrected chi connectivity index (χ0v) is 14.8. The van der Waals surface area contributed by atoms with Gasteiger partial charge in [-0.3, -0.25) is 4.68 Å². The van der Waals surface area contributed by atoms with Crippen molar-refractivity contribution in [3.05, 3.63) is 41.9 Å². The van der Waals surface area contributed by atoms with Gasteiger partial charge in [0.25, 0.3) is 0 Å². The van der Waals surface area contributed by atoms with Gasteiger partial charge >= 0.3 is 5.97 Å². The Morgan fingerprint density at radius 3 is 2.64 bits per heavy atom. The van der Waals surface area contributed by atoms with E-state index in [-0.39, 0.29) is 5.97 Å². The summed E-state index contributed by atoms with van der Waals surface area (Å²) in [6.45, 7) is 6.34. The highest BCUT2D eigenvalue weighted by Gasteiger charge is 2.13. The average molecular weight is 339 g/mol. The molecule has 2 aromatic heterocycles. The second-order valence-corrected chi connectivity index (χ2v) is 6.32. The number of aryl methyl sites for hydroxylation is 2. The number of aromatic nitrogens is 4. The highest BCUT2D eigenvalue weighted by Crippen LogP contribution is 2.25. The van der Waals surface area contributed by atoms with Gasteiger partial charge in [-0.05, 0) is 37.1 Å². The predicted octanol–water partition coefficient (Wildman–Crippen LogP) is 3.23. The number of nitrogens with one attached hydrogen (secondary N) is 1.